The number of rotatable bonds is 5. The number of aromatic hydroxyl groups is 1. The molecule has 0 aliphatic carbocycles. The molecule has 1 unspecified atom stereocenters. The standard InChI is InChI=1S/C13H19NO3/c1-10(15)7-8-14(2)13(17)9-11-3-5-12(16)6-4-11/h3-6,10,15-16H,7-9H2,1-2H3. The van der Waals surface area contributed by atoms with Gasteiger partial charge in [-0.3, -0.25) is 4.79 Å². The zero-order valence-corrected chi connectivity index (χ0v) is 10.3. The molecule has 1 aromatic carbocycles. The van der Waals surface area contributed by atoms with E-state index in [1.807, 2.05) is 0 Å². The molecule has 0 saturated carbocycles. The van der Waals surface area contributed by atoms with Crippen LogP contribution in [0.25, 0.3) is 0 Å². The molecule has 0 bridgehead atoms. The van der Waals surface area contributed by atoms with E-state index in [1.54, 1.807) is 43.1 Å². The Hall–Kier alpha value is -1.55. The lowest BCUT2D eigenvalue weighted by Crippen LogP contribution is -2.30. The van der Waals surface area contributed by atoms with Gasteiger partial charge in [-0.25, -0.2) is 0 Å². The number of carbonyl (C=O) groups is 1. The summed E-state index contributed by atoms with van der Waals surface area (Å²) in [5.41, 5.74) is 0.872. The molecule has 4 heteroatoms. The van der Waals surface area contributed by atoms with Crippen molar-refractivity contribution in [1.82, 2.24) is 4.90 Å². The third-order valence-corrected chi connectivity index (χ3v) is 2.60. The van der Waals surface area contributed by atoms with Crippen molar-refractivity contribution in [2.45, 2.75) is 25.9 Å². The van der Waals surface area contributed by atoms with Crippen molar-refractivity contribution in [3.63, 3.8) is 0 Å². The Balaban J connectivity index is 2.45. The van der Waals surface area contributed by atoms with Gasteiger partial charge in [-0.1, -0.05) is 12.1 Å². The Kier molecular flexibility index (Phi) is 4.97. The van der Waals surface area contributed by atoms with E-state index in [1.165, 1.54) is 0 Å². The largest absolute Gasteiger partial charge is 0.508 e. The minimum Gasteiger partial charge on any atom is -0.508 e. The van der Waals surface area contributed by atoms with Crippen LogP contribution in [0.2, 0.25) is 0 Å². The van der Waals surface area contributed by atoms with E-state index in [9.17, 15) is 4.79 Å². The summed E-state index contributed by atoms with van der Waals surface area (Å²) in [7, 11) is 1.73. The smallest absolute Gasteiger partial charge is 0.226 e. The lowest BCUT2D eigenvalue weighted by molar-refractivity contribution is -0.129. The predicted molar refractivity (Wildman–Crippen MR) is 65.7 cm³/mol. The van der Waals surface area contributed by atoms with E-state index in [4.69, 9.17) is 10.2 Å². The molecule has 4 nitrogen and oxygen atoms in total. The van der Waals surface area contributed by atoms with E-state index in [0.717, 1.165) is 5.56 Å². The normalized spacial score (nSPS) is 12.2. The fourth-order valence-corrected chi connectivity index (χ4v) is 1.43. The fraction of sp³-hybridized carbons (Fsp3) is 0.462. The summed E-state index contributed by atoms with van der Waals surface area (Å²) in [6.45, 7) is 2.26. The van der Waals surface area contributed by atoms with Crippen molar-refractivity contribution >= 4 is 5.91 Å². The molecule has 0 radical (unpaired) electrons. The maximum atomic E-state index is 11.8. The van der Waals surface area contributed by atoms with Crippen LogP contribution in [-0.2, 0) is 11.2 Å². The van der Waals surface area contributed by atoms with Crippen LogP contribution in [0.1, 0.15) is 18.9 Å². The Labute approximate surface area is 101 Å². The van der Waals surface area contributed by atoms with Gasteiger partial charge in [-0.2, -0.15) is 0 Å². The summed E-state index contributed by atoms with van der Waals surface area (Å²) in [6, 6.07) is 6.60. The van der Waals surface area contributed by atoms with Gasteiger partial charge < -0.3 is 15.1 Å². The fourth-order valence-electron chi connectivity index (χ4n) is 1.43. The highest BCUT2D eigenvalue weighted by atomic mass is 16.3. The highest BCUT2D eigenvalue weighted by molar-refractivity contribution is 5.78. The monoisotopic (exact) mass is 237 g/mol. The molecule has 0 heterocycles. The maximum absolute atomic E-state index is 11.8. The number of likely N-dealkylation sites (N-methyl/N-ethyl adjacent to an activating group) is 1. The Morgan fingerprint density at radius 2 is 1.94 bits per heavy atom. The highest BCUT2D eigenvalue weighted by Crippen LogP contribution is 2.10. The zero-order chi connectivity index (χ0) is 12.8. The first kappa shape index (κ1) is 13.5. The van der Waals surface area contributed by atoms with Crippen LogP contribution < -0.4 is 0 Å². The number of aliphatic hydroxyl groups excluding tert-OH is 1. The average Bonchev–Trinajstić information content (AvgIpc) is 2.28. The van der Waals surface area contributed by atoms with E-state index in [-0.39, 0.29) is 17.8 Å². The second kappa shape index (κ2) is 6.25. The maximum Gasteiger partial charge on any atom is 0.226 e. The summed E-state index contributed by atoms with van der Waals surface area (Å²) in [6.07, 6.45) is 0.507. The summed E-state index contributed by atoms with van der Waals surface area (Å²) < 4.78 is 0. The topological polar surface area (TPSA) is 60.8 Å². The van der Waals surface area contributed by atoms with Crippen molar-refractivity contribution in [1.29, 1.82) is 0 Å². The third-order valence-electron chi connectivity index (χ3n) is 2.60. The lowest BCUT2D eigenvalue weighted by Gasteiger charge is -2.18. The van der Waals surface area contributed by atoms with Gasteiger partial charge in [0, 0.05) is 13.6 Å². The molecule has 1 aromatic rings. The van der Waals surface area contributed by atoms with Crippen LogP contribution >= 0.6 is 0 Å². The van der Waals surface area contributed by atoms with Gasteiger partial charge >= 0.3 is 0 Å². The van der Waals surface area contributed by atoms with E-state index < -0.39 is 0 Å². The number of phenols is 1. The van der Waals surface area contributed by atoms with Crippen LogP contribution in [0.5, 0.6) is 5.75 Å². The van der Waals surface area contributed by atoms with Crippen molar-refractivity contribution < 1.29 is 15.0 Å². The Morgan fingerprint density at radius 3 is 2.47 bits per heavy atom. The van der Waals surface area contributed by atoms with Gasteiger partial charge in [-0.05, 0) is 31.0 Å². The second-order valence-electron chi connectivity index (χ2n) is 4.30. The van der Waals surface area contributed by atoms with E-state index >= 15 is 0 Å². The summed E-state index contributed by atoms with van der Waals surface area (Å²) in [5.74, 6) is 0.208. The molecule has 94 valence electrons. The van der Waals surface area contributed by atoms with E-state index in [2.05, 4.69) is 0 Å². The molecule has 0 fully saturated rings. The van der Waals surface area contributed by atoms with Gasteiger partial charge in [0.05, 0.1) is 12.5 Å². The van der Waals surface area contributed by atoms with Gasteiger partial charge in [0.25, 0.3) is 0 Å². The van der Waals surface area contributed by atoms with Crippen LogP contribution in [0, 0.1) is 0 Å². The van der Waals surface area contributed by atoms with Crippen LogP contribution in [0.3, 0.4) is 0 Å². The number of hydrogen-bond acceptors (Lipinski definition) is 3. The third kappa shape index (κ3) is 4.87. The molecule has 1 amide bonds. The van der Waals surface area contributed by atoms with Crippen molar-refractivity contribution in [2.75, 3.05) is 13.6 Å². The van der Waals surface area contributed by atoms with Crippen LogP contribution in [0.4, 0.5) is 0 Å². The van der Waals surface area contributed by atoms with Crippen LogP contribution in [-0.4, -0.2) is 40.7 Å². The number of aliphatic hydroxyl groups is 1. The van der Waals surface area contributed by atoms with Crippen molar-refractivity contribution in [2.24, 2.45) is 0 Å². The van der Waals surface area contributed by atoms with Gasteiger partial charge in [0.2, 0.25) is 5.91 Å². The molecule has 0 spiro atoms. The molecular formula is C13H19NO3. The molecule has 2 N–H and O–H groups in total. The number of nitrogens with zero attached hydrogens (tertiary/aromatic N) is 1. The molecule has 0 aromatic heterocycles. The second-order valence-corrected chi connectivity index (χ2v) is 4.30. The minimum atomic E-state index is -0.390. The van der Waals surface area contributed by atoms with Gasteiger partial charge in [-0.15, -0.1) is 0 Å². The first-order chi connectivity index (χ1) is 7.99. The molecule has 17 heavy (non-hydrogen) atoms. The number of amides is 1. The quantitative estimate of drug-likeness (QED) is 0.808. The molecule has 0 saturated heterocycles. The summed E-state index contributed by atoms with van der Waals surface area (Å²) >= 11 is 0. The lowest BCUT2D eigenvalue weighted by atomic mass is 10.1. The molecule has 0 aliphatic rings. The summed E-state index contributed by atoms with van der Waals surface area (Å²) in [5, 5.41) is 18.3. The van der Waals surface area contributed by atoms with E-state index in [0.29, 0.717) is 19.4 Å². The molecular weight excluding hydrogens is 218 g/mol. The zero-order valence-electron chi connectivity index (χ0n) is 10.3. The average molecular weight is 237 g/mol. The Morgan fingerprint density at radius 1 is 1.35 bits per heavy atom. The molecule has 0 aliphatic heterocycles. The highest BCUT2D eigenvalue weighted by Gasteiger charge is 2.10. The molecule has 1 atom stereocenters. The number of phenolic OH excluding ortho intramolecular Hbond substituents is 1. The van der Waals surface area contributed by atoms with Crippen molar-refractivity contribution in [3.05, 3.63) is 29.8 Å². The van der Waals surface area contributed by atoms with Crippen LogP contribution in [0.15, 0.2) is 24.3 Å². The number of hydrogen-bond donors (Lipinski definition) is 2. The SMILES string of the molecule is CC(O)CCN(C)C(=O)Cc1ccc(O)cc1. The van der Waals surface area contributed by atoms with Crippen molar-refractivity contribution in [3.8, 4) is 5.75 Å². The predicted octanol–water partition coefficient (Wildman–Crippen LogP) is 1.16. The summed E-state index contributed by atoms with van der Waals surface area (Å²) in [4.78, 5) is 13.4. The van der Waals surface area contributed by atoms with Gasteiger partial charge in [0.15, 0.2) is 0 Å². The first-order valence-electron chi connectivity index (χ1n) is 5.69. The minimum absolute atomic E-state index is 0.0105. The Bertz CT molecular complexity index is 359. The number of carbonyl (C=O) groups excluding carboxylic acids is 1. The van der Waals surface area contributed by atoms with Gasteiger partial charge in [0.1, 0.15) is 5.75 Å². The first-order valence-corrected chi connectivity index (χ1v) is 5.69. The molecule has 1 rings (SSSR count). The number of benzene rings is 1.